The fourth-order valence-corrected chi connectivity index (χ4v) is 4.57. The number of ketones is 1. The van der Waals surface area contributed by atoms with Crippen molar-refractivity contribution in [3.05, 3.63) is 83.7 Å². The normalized spacial score (nSPS) is 13.7. The average Bonchev–Trinajstić information content (AvgIpc) is 3.02. The maximum atomic E-state index is 13.2. The molecule has 2 aromatic carbocycles. The van der Waals surface area contributed by atoms with Gasteiger partial charge >= 0.3 is 0 Å². The minimum Gasteiger partial charge on any atom is -0.294 e. The summed E-state index contributed by atoms with van der Waals surface area (Å²) in [4.78, 5) is 12.2. The van der Waals surface area contributed by atoms with Crippen molar-refractivity contribution >= 4 is 21.9 Å². The second-order valence-electron chi connectivity index (χ2n) is 6.36. The van der Waals surface area contributed by atoms with Crippen LogP contribution in [0.1, 0.15) is 16.8 Å². The van der Waals surface area contributed by atoms with Crippen LogP contribution in [0.4, 0.5) is 0 Å². The molecule has 5 heteroatoms. The molecule has 0 fully saturated rings. The second kappa shape index (κ2) is 6.11. The monoisotopic (exact) mass is 363 g/mol. The third-order valence-corrected chi connectivity index (χ3v) is 6.25. The molecule has 0 amide bonds. The fraction of sp³-hybridized carbons (Fsp3) is 0.0952. The van der Waals surface area contributed by atoms with Gasteiger partial charge in [0.1, 0.15) is 0 Å². The number of nitrogens with zero attached hydrogens (tertiary/aromatic N) is 1. The zero-order valence-corrected chi connectivity index (χ0v) is 15.0. The largest absolute Gasteiger partial charge is 0.294 e. The SMILES string of the molecule is Cc1ccc(S(=O)(=O)n2cc(-c3ccccc3)c3c2C=CC(=O)C3)cc1. The maximum Gasteiger partial charge on any atom is 0.268 e. The summed E-state index contributed by atoms with van der Waals surface area (Å²) in [6, 6.07) is 16.3. The van der Waals surface area contributed by atoms with Crippen LogP contribution in [-0.2, 0) is 21.2 Å². The summed E-state index contributed by atoms with van der Waals surface area (Å²) < 4.78 is 27.7. The highest BCUT2D eigenvalue weighted by molar-refractivity contribution is 7.90. The van der Waals surface area contributed by atoms with E-state index in [1.54, 1.807) is 36.5 Å². The highest BCUT2D eigenvalue weighted by Crippen LogP contribution is 2.34. The first-order valence-corrected chi connectivity index (χ1v) is 9.73. The van der Waals surface area contributed by atoms with Crippen LogP contribution < -0.4 is 0 Å². The number of hydrogen-bond donors (Lipinski definition) is 0. The molecule has 0 atom stereocenters. The number of aryl methyl sites for hydroxylation is 1. The number of aromatic nitrogens is 1. The molecule has 0 N–H and O–H groups in total. The molecule has 4 rings (SSSR count). The van der Waals surface area contributed by atoms with Crippen molar-refractivity contribution < 1.29 is 13.2 Å². The van der Waals surface area contributed by atoms with Gasteiger partial charge in [-0.05, 0) is 42.3 Å². The van der Waals surface area contributed by atoms with Crippen LogP contribution in [0.3, 0.4) is 0 Å². The Morgan fingerprint density at radius 1 is 0.923 bits per heavy atom. The molecule has 1 aliphatic carbocycles. The van der Waals surface area contributed by atoms with E-state index >= 15 is 0 Å². The van der Waals surface area contributed by atoms with Gasteiger partial charge in [-0.2, -0.15) is 0 Å². The summed E-state index contributed by atoms with van der Waals surface area (Å²) in [5.74, 6) is -0.0276. The van der Waals surface area contributed by atoms with Gasteiger partial charge < -0.3 is 0 Å². The van der Waals surface area contributed by atoms with Crippen LogP contribution in [0, 0.1) is 6.92 Å². The van der Waals surface area contributed by atoms with Crippen LogP contribution in [0.15, 0.2) is 71.8 Å². The van der Waals surface area contributed by atoms with E-state index < -0.39 is 10.0 Å². The summed E-state index contributed by atoms with van der Waals surface area (Å²) in [5.41, 5.74) is 3.95. The van der Waals surface area contributed by atoms with Gasteiger partial charge in [0, 0.05) is 18.2 Å². The summed E-state index contributed by atoms with van der Waals surface area (Å²) in [6.45, 7) is 1.91. The van der Waals surface area contributed by atoms with Crippen molar-refractivity contribution in [3.8, 4) is 11.1 Å². The lowest BCUT2D eigenvalue weighted by Crippen LogP contribution is -2.15. The van der Waals surface area contributed by atoms with Crippen LogP contribution in [0.5, 0.6) is 0 Å². The van der Waals surface area contributed by atoms with Crippen molar-refractivity contribution in [2.75, 3.05) is 0 Å². The Kier molecular flexibility index (Phi) is 3.89. The smallest absolute Gasteiger partial charge is 0.268 e. The topological polar surface area (TPSA) is 56.1 Å². The molecule has 0 unspecified atom stereocenters. The zero-order chi connectivity index (χ0) is 18.3. The minimum atomic E-state index is -3.75. The highest BCUT2D eigenvalue weighted by atomic mass is 32.2. The third kappa shape index (κ3) is 2.70. The van der Waals surface area contributed by atoms with E-state index in [4.69, 9.17) is 0 Å². The molecule has 0 saturated carbocycles. The lowest BCUT2D eigenvalue weighted by molar-refractivity contribution is -0.114. The van der Waals surface area contributed by atoms with Gasteiger partial charge in [0.15, 0.2) is 5.78 Å². The summed E-state index contributed by atoms with van der Waals surface area (Å²) >= 11 is 0. The minimum absolute atomic E-state index is 0.0276. The predicted molar refractivity (Wildman–Crippen MR) is 101 cm³/mol. The van der Waals surface area contributed by atoms with Gasteiger partial charge in [-0.3, -0.25) is 4.79 Å². The Morgan fingerprint density at radius 2 is 1.62 bits per heavy atom. The van der Waals surface area contributed by atoms with E-state index in [1.165, 1.54) is 10.0 Å². The number of carbonyl (C=O) groups is 1. The van der Waals surface area contributed by atoms with Crippen LogP contribution in [0.25, 0.3) is 17.2 Å². The van der Waals surface area contributed by atoms with Gasteiger partial charge in [0.05, 0.1) is 10.6 Å². The Bertz CT molecular complexity index is 1120. The molecular weight excluding hydrogens is 346 g/mol. The van der Waals surface area contributed by atoms with Crippen molar-refractivity contribution in [1.82, 2.24) is 3.97 Å². The molecule has 0 spiro atoms. The van der Waals surface area contributed by atoms with Crippen molar-refractivity contribution in [2.45, 2.75) is 18.2 Å². The van der Waals surface area contributed by atoms with Crippen LogP contribution >= 0.6 is 0 Å². The standard InChI is InChI=1S/C21H17NO3S/c1-15-7-10-18(11-8-15)26(24,25)22-14-20(16-5-3-2-4-6-16)19-13-17(23)9-12-21(19)22/h2-12,14H,13H2,1H3. The molecule has 1 aromatic heterocycles. The van der Waals surface area contributed by atoms with E-state index in [-0.39, 0.29) is 17.1 Å². The fourth-order valence-electron chi connectivity index (χ4n) is 3.19. The number of hydrogen-bond acceptors (Lipinski definition) is 3. The van der Waals surface area contributed by atoms with Crippen molar-refractivity contribution in [3.63, 3.8) is 0 Å². The molecule has 130 valence electrons. The first kappa shape index (κ1) is 16.5. The molecule has 26 heavy (non-hydrogen) atoms. The molecule has 0 aliphatic heterocycles. The van der Waals surface area contributed by atoms with E-state index in [2.05, 4.69) is 0 Å². The Morgan fingerprint density at radius 3 is 2.31 bits per heavy atom. The van der Waals surface area contributed by atoms with Gasteiger partial charge in [-0.1, -0.05) is 48.0 Å². The molecule has 0 bridgehead atoms. The first-order valence-electron chi connectivity index (χ1n) is 8.29. The quantitative estimate of drug-likeness (QED) is 0.710. The van der Waals surface area contributed by atoms with E-state index in [0.717, 1.165) is 22.3 Å². The Labute approximate surface area is 152 Å². The van der Waals surface area contributed by atoms with E-state index in [1.807, 2.05) is 37.3 Å². The lowest BCUT2D eigenvalue weighted by Gasteiger charge is -2.12. The molecule has 0 radical (unpaired) electrons. The number of benzene rings is 2. The summed E-state index contributed by atoms with van der Waals surface area (Å²) in [7, 11) is -3.75. The van der Waals surface area contributed by atoms with E-state index in [0.29, 0.717) is 5.69 Å². The third-order valence-electron chi connectivity index (χ3n) is 4.56. The van der Waals surface area contributed by atoms with Gasteiger partial charge in [0.2, 0.25) is 0 Å². The molecule has 0 saturated heterocycles. The van der Waals surface area contributed by atoms with E-state index in [9.17, 15) is 13.2 Å². The maximum absolute atomic E-state index is 13.2. The number of fused-ring (bicyclic) bond motifs is 1. The summed E-state index contributed by atoms with van der Waals surface area (Å²) in [6.07, 6.45) is 4.86. The molecule has 1 aliphatic rings. The van der Waals surface area contributed by atoms with Crippen LogP contribution in [0.2, 0.25) is 0 Å². The van der Waals surface area contributed by atoms with Crippen molar-refractivity contribution in [1.29, 1.82) is 0 Å². The highest BCUT2D eigenvalue weighted by Gasteiger charge is 2.27. The predicted octanol–water partition coefficient (Wildman–Crippen LogP) is 3.84. The van der Waals surface area contributed by atoms with Crippen molar-refractivity contribution in [2.24, 2.45) is 0 Å². The van der Waals surface area contributed by atoms with Gasteiger partial charge in [0.25, 0.3) is 10.0 Å². The zero-order valence-electron chi connectivity index (χ0n) is 14.2. The Hall–Kier alpha value is -2.92. The molecular formula is C21H17NO3S. The number of allylic oxidation sites excluding steroid dienone is 1. The average molecular weight is 363 g/mol. The molecule has 4 nitrogen and oxygen atoms in total. The number of carbonyl (C=O) groups excluding carboxylic acids is 1. The van der Waals surface area contributed by atoms with Crippen LogP contribution in [-0.4, -0.2) is 18.2 Å². The first-order chi connectivity index (χ1) is 12.5. The molecule has 1 heterocycles. The van der Waals surface area contributed by atoms with Gasteiger partial charge in [-0.15, -0.1) is 0 Å². The number of rotatable bonds is 3. The van der Waals surface area contributed by atoms with Gasteiger partial charge in [-0.25, -0.2) is 12.4 Å². The molecule has 3 aromatic rings. The Balaban J connectivity index is 1.95. The second-order valence-corrected chi connectivity index (χ2v) is 8.18. The lowest BCUT2D eigenvalue weighted by atomic mass is 9.96. The summed E-state index contributed by atoms with van der Waals surface area (Å²) in [5, 5.41) is 0.